The van der Waals surface area contributed by atoms with Crippen molar-refractivity contribution in [3.8, 4) is 0 Å². The summed E-state index contributed by atoms with van der Waals surface area (Å²) in [5, 5.41) is 0. The summed E-state index contributed by atoms with van der Waals surface area (Å²) in [6.07, 6.45) is 6.08. The highest BCUT2D eigenvalue weighted by atomic mass is 16.5. The fraction of sp³-hybridized carbons (Fsp3) is 0.923. The lowest BCUT2D eigenvalue weighted by Crippen LogP contribution is -2.50. The van der Waals surface area contributed by atoms with Crippen LogP contribution in [0.1, 0.15) is 46.0 Å². The Labute approximate surface area is 98.1 Å². The van der Waals surface area contributed by atoms with Crippen molar-refractivity contribution in [2.24, 2.45) is 5.92 Å². The van der Waals surface area contributed by atoms with E-state index in [1.807, 2.05) is 11.8 Å². The fourth-order valence-corrected chi connectivity index (χ4v) is 2.83. The van der Waals surface area contributed by atoms with Crippen molar-refractivity contribution in [2.45, 2.75) is 58.1 Å². The maximum absolute atomic E-state index is 12.2. The third-order valence-electron chi connectivity index (χ3n) is 3.87. The van der Waals surface area contributed by atoms with Crippen molar-refractivity contribution in [3.05, 3.63) is 0 Å². The number of rotatable bonds is 2. The SMILES string of the molecule is C[C@@H]1CO[C@@H](C)CN1C(=O)CC1CCCC1. The van der Waals surface area contributed by atoms with Gasteiger partial charge in [0.15, 0.2) is 0 Å². The second-order valence-corrected chi connectivity index (χ2v) is 5.39. The van der Waals surface area contributed by atoms with Gasteiger partial charge in [0.25, 0.3) is 0 Å². The molecule has 16 heavy (non-hydrogen) atoms. The molecule has 1 saturated heterocycles. The smallest absolute Gasteiger partial charge is 0.223 e. The number of carbonyl (C=O) groups is 1. The monoisotopic (exact) mass is 225 g/mol. The lowest BCUT2D eigenvalue weighted by Gasteiger charge is -2.37. The minimum Gasteiger partial charge on any atom is -0.375 e. The van der Waals surface area contributed by atoms with Crippen LogP contribution in [0.15, 0.2) is 0 Å². The van der Waals surface area contributed by atoms with E-state index < -0.39 is 0 Å². The normalized spacial score (nSPS) is 32.0. The maximum atomic E-state index is 12.2. The molecule has 3 heteroatoms. The van der Waals surface area contributed by atoms with E-state index in [4.69, 9.17) is 4.74 Å². The fourth-order valence-electron chi connectivity index (χ4n) is 2.83. The summed E-state index contributed by atoms with van der Waals surface area (Å²) in [4.78, 5) is 14.2. The van der Waals surface area contributed by atoms with Crippen LogP contribution in [-0.2, 0) is 9.53 Å². The molecule has 0 N–H and O–H groups in total. The van der Waals surface area contributed by atoms with Gasteiger partial charge in [-0.05, 0) is 32.6 Å². The third kappa shape index (κ3) is 2.76. The summed E-state index contributed by atoms with van der Waals surface area (Å²) in [5.74, 6) is 0.993. The molecule has 0 aromatic rings. The van der Waals surface area contributed by atoms with Crippen molar-refractivity contribution in [1.82, 2.24) is 4.90 Å². The second-order valence-electron chi connectivity index (χ2n) is 5.39. The molecule has 1 amide bonds. The number of ether oxygens (including phenoxy) is 1. The predicted octanol–water partition coefficient (Wildman–Crippen LogP) is 2.20. The number of morpholine rings is 1. The Hall–Kier alpha value is -0.570. The number of carbonyl (C=O) groups excluding carboxylic acids is 1. The van der Waals surface area contributed by atoms with Gasteiger partial charge in [-0.3, -0.25) is 4.79 Å². The molecule has 0 radical (unpaired) electrons. The van der Waals surface area contributed by atoms with Gasteiger partial charge in [-0.1, -0.05) is 12.8 Å². The van der Waals surface area contributed by atoms with Crippen LogP contribution in [0.2, 0.25) is 0 Å². The van der Waals surface area contributed by atoms with Crippen LogP contribution in [0.3, 0.4) is 0 Å². The van der Waals surface area contributed by atoms with Gasteiger partial charge in [0.2, 0.25) is 5.91 Å². The molecular formula is C13H23NO2. The van der Waals surface area contributed by atoms with Gasteiger partial charge in [-0.25, -0.2) is 0 Å². The van der Waals surface area contributed by atoms with E-state index in [1.54, 1.807) is 0 Å². The van der Waals surface area contributed by atoms with Crippen LogP contribution < -0.4 is 0 Å². The first kappa shape index (κ1) is 11.9. The molecule has 1 aliphatic heterocycles. The Kier molecular flexibility index (Phi) is 3.85. The van der Waals surface area contributed by atoms with E-state index >= 15 is 0 Å². The Balaban J connectivity index is 1.86. The first-order valence-electron chi connectivity index (χ1n) is 6.58. The van der Waals surface area contributed by atoms with E-state index in [2.05, 4.69) is 6.92 Å². The summed E-state index contributed by atoms with van der Waals surface area (Å²) in [5.41, 5.74) is 0. The quantitative estimate of drug-likeness (QED) is 0.721. The van der Waals surface area contributed by atoms with Crippen molar-refractivity contribution in [2.75, 3.05) is 13.2 Å². The zero-order valence-corrected chi connectivity index (χ0v) is 10.4. The maximum Gasteiger partial charge on any atom is 0.223 e. The molecule has 0 aromatic carbocycles. The molecule has 3 nitrogen and oxygen atoms in total. The highest BCUT2D eigenvalue weighted by Crippen LogP contribution is 2.28. The molecule has 0 bridgehead atoms. The molecule has 2 aliphatic rings. The topological polar surface area (TPSA) is 29.5 Å². The largest absolute Gasteiger partial charge is 0.375 e. The van der Waals surface area contributed by atoms with E-state index in [-0.39, 0.29) is 12.1 Å². The summed E-state index contributed by atoms with van der Waals surface area (Å²) in [7, 11) is 0. The lowest BCUT2D eigenvalue weighted by atomic mass is 10.0. The van der Waals surface area contributed by atoms with Crippen LogP contribution in [0, 0.1) is 5.92 Å². The van der Waals surface area contributed by atoms with Crippen molar-refractivity contribution in [1.29, 1.82) is 0 Å². The molecule has 1 saturated carbocycles. The molecule has 92 valence electrons. The molecule has 2 atom stereocenters. The Morgan fingerprint density at radius 1 is 1.31 bits per heavy atom. The molecule has 1 heterocycles. The van der Waals surface area contributed by atoms with Gasteiger partial charge < -0.3 is 9.64 Å². The van der Waals surface area contributed by atoms with Gasteiger partial charge in [0.05, 0.1) is 18.8 Å². The predicted molar refractivity (Wildman–Crippen MR) is 63.2 cm³/mol. The second kappa shape index (κ2) is 5.17. The Morgan fingerprint density at radius 3 is 2.69 bits per heavy atom. The lowest BCUT2D eigenvalue weighted by molar-refractivity contribution is -0.144. The molecule has 2 rings (SSSR count). The first-order chi connectivity index (χ1) is 7.66. The molecular weight excluding hydrogens is 202 g/mol. The minimum absolute atomic E-state index is 0.198. The minimum atomic E-state index is 0.198. The van der Waals surface area contributed by atoms with Gasteiger partial charge in [0, 0.05) is 13.0 Å². The summed E-state index contributed by atoms with van der Waals surface area (Å²) >= 11 is 0. The van der Waals surface area contributed by atoms with Crippen molar-refractivity contribution in [3.63, 3.8) is 0 Å². The Bertz CT molecular complexity index is 248. The van der Waals surface area contributed by atoms with Crippen LogP contribution in [0.5, 0.6) is 0 Å². The average Bonchev–Trinajstić information content (AvgIpc) is 2.74. The van der Waals surface area contributed by atoms with E-state index in [9.17, 15) is 4.79 Å². The van der Waals surface area contributed by atoms with Crippen molar-refractivity contribution >= 4 is 5.91 Å². The zero-order chi connectivity index (χ0) is 11.5. The van der Waals surface area contributed by atoms with E-state index in [1.165, 1.54) is 25.7 Å². The van der Waals surface area contributed by atoms with Crippen molar-refractivity contribution < 1.29 is 9.53 Å². The van der Waals surface area contributed by atoms with E-state index in [0.717, 1.165) is 13.0 Å². The highest BCUT2D eigenvalue weighted by Gasteiger charge is 2.29. The molecule has 1 aliphatic carbocycles. The highest BCUT2D eigenvalue weighted by molar-refractivity contribution is 5.77. The number of hydrogen-bond donors (Lipinski definition) is 0. The standard InChI is InChI=1S/C13H23NO2/c1-10-9-16-11(2)8-14(10)13(15)7-12-5-3-4-6-12/h10-12H,3-9H2,1-2H3/t10-,11+/m1/s1. The number of amides is 1. The van der Waals surface area contributed by atoms with Crippen LogP contribution in [0.25, 0.3) is 0 Å². The van der Waals surface area contributed by atoms with Crippen LogP contribution >= 0.6 is 0 Å². The molecule has 2 fully saturated rings. The first-order valence-corrected chi connectivity index (χ1v) is 6.58. The van der Waals surface area contributed by atoms with Gasteiger partial charge in [-0.15, -0.1) is 0 Å². The third-order valence-corrected chi connectivity index (χ3v) is 3.87. The molecule has 0 unspecified atom stereocenters. The van der Waals surface area contributed by atoms with Gasteiger partial charge in [-0.2, -0.15) is 0 Å². The number of hydrogen-bond acceptors (Lipinski definition) is 2. The number of nitrogens with zero attached hydrogens (tertiary/aromatic N) is 1. The van der Waals surface area contributed by atoms with Gasteiger partial charge >= 0.3 is 0 Å². The zero-order valence-electron chi connectivity index (χ0n) is 10.4. The average molecular weight is 225 g/mol. The Morgan fingerprint density at radius 2 is 2.00 bits per heavy atom. The summed E-state index contributed by atoms with van der Waals surface area (Å²) < 4.78 is 5.55. The molecule has 0 spiro atoms. The molecule has 0 aromatic heterocycles. The van der Waals surface area contributed by atoms with Crippen LogP contribution in [0.4, 0.5) is 0 Å². The van der Waals surface area contributed by atoms with Crippen LogP contribution in [-0.4, -0.2) is 36.1 Å². The summed E-state index contributed by atoms with van der Waals surface area (Å²) in [6, 6.07) is 0.255. The summed E-state index contributed by atoms with van der Waals surface area (Å²) in [6.45, 7) is 5.59. The van der Waals surface area contributed by atoms with Gasteiger partial charge in [0.1, 0.15) is 0 Å². The van der Waals surface area contributed by atoms with E-state index in [0.29, 0.717) is 18.4 Å².